The molecule has 1 N–H and O–H groups in total. The summed E-state index contributed by atoms with van der Waals surface area (Å²) in [4.78, 5) is 0. The Morgan fingerprint density at radius 3 is 2.52 bits per heavy atom. The van der Waals surface area contributed by atoms with Crippen molar-refractivity contribution in [2.45, 2.75) is 25.9 Å². The summed E-state index contributed by atoms with van der Waals surface area (Å²) >= 11 is 0. The third-order valence-electron chi connectivity index (χ3n) is 3.50. The molecular weight excluding hydrogens is 264 g/mol. The first-order chi connectivity index (χ1) is 10.1. The molecule has 0 saturated heterocycles. The van der Waals surface area contributed by atoms with Crippen LogP contribution in [0.15, 0.2) is 42.5 Å². The van der Waals surface area contributed by atoms with E-state index in [0.717, 1.165) is 22.6 Å². The number of hydrogen-bond acceptors (Lipinski definition) is 3. The molecule has 3 nitrogen and oxygen atoms in total. The van der Waals surface area contributed by atoms with E-state index in [2.05, 4.69) is 6.07 Å². The molecule has 2 aromatic rings. The minimum absolute atomic E-state index is 0.451. The number of methoxy groups -OCH3 is 2. The van der Waals surface area contributed by atoms with Crippen LogP contribution in [0.4, 0.5) is 0 Å². The lowest BCUT2D eigenvalue weighted by molar-refractivity contribution is 0.174. The molecule has 2 aromatic carbocycles. The van der Waals surface area contributed by atoms with Gasteiger partial charge in [0.25, 0.3) is 0 Å². The van der Waals surface area contributed by atoms with E-state index in [9.17, 15) is 5.11 Å². The first-order valence-corrected chi connectivity index (χ1v) is 7.07. The lowest BCUT2D eigenvalue weighted by Crippen LogP contribution is -2.14. The Balaban J connectivity index is 2.07. The van der Waals surface area contributed by atoms with Crippen molar-refractivity contribution in [2.75, 3.05) is 14.2 Å². The number of hydrogen-bond donors (Lipinski definition) is 1. The third-order valence-corrected chi connectivity index (χ3v) is 3.50. The fourth-order valence-electron chi connectivity index (χ4n) is 2.46. The van der Waals surface area contributed by atoms with E-state index in [1.807, 2.05) is 43.3 Å². The topological polar surface area (TPSA) is 38.7 Å². The Bertz CT molecular complexity index is 593. The summed E-state index contributed by atoms with van der Waals surface area (Å²) in [6.45, 7) is 2.04. The van der Waals surface area contributed by atoms with Crippen LogP contribution >= 0.6 is 0 Å². The van der Waals surface area contributed by atoms with E-state index >= 15 is 0 Å². The summed E-state index contributed by atoms with van der Waals surface area (Å²) in [5, 5.41) is 10.3. The van der Waals surface area contributed by atoms with E-state index < -0.39 is 6.10 Å². The van der Waals surface area contributed by atoms with E-state index in [1.54, 1.807) is 14.2 Å². The quantitative estimate of drug-likeness (QED) is 0.886. The van der Waals surface area contributed by atoms with Crippen molar-refractivity contribution in [3.05, 3.63) is 59.2 Å². The maximum absolute atomic E-state index is 10.3. The largest absolute Gasteiger partial charge is 0.497 e. The van der Waals surface area contributed by atoms with Gasteiger partial charge in [0.05, 0.1) is 20.3 Å². The van der Waals surface area contributed by atoms with Gasteiger partial charge in [0.1, 0.15) is 11.5 Å². The molecule has 0 fully saturated rings. The van der Waals surface area contributed by atoms with Gasteiger partial charge < -0.3 is 14.6 Å². The van der Waals surface area contributed by atoms with Crippen LogP contribution < -0.4 is 9.47 Å². The summed E-state index contributed by atoms with van der Waals surface area (Å²) in [6, 6.07) is 13.8. The van der Waals surface area contributed by atoms with Gasteiger partial charge in [-0.1, -0.05) is 29.8 Å². The molecule has 0 spiro atoms. The van der Waals surface area contributed by atoms with Crippen LogP contribution in [0.1, 0.15) is 16.7 Å². The molecule has 0 aromatic heterocycles. The summed E-state index contributed by atoms with van der Waals surface area (Å²) in [7, 11) is 3.30. The SMILES string of the molecule is COc1cccc(CC(O)Cc2cc(C)ccc2OC)c1. The third kappa shape index (κ3) is 4.23. The molecule has 0 aliphatic carbocycles. The Hall–Kier alpha value is -2.00. The van der Waals surface area contributed by atoms with E-state index in [-0.39, 0.29) is 0 Å². The molecule has 0 aliphatic heterocycles. The standard InChI is InChI=1S/C18H22O3/c1-13-7-8-18(21-3)15(9-13)12-16(19)10-14-5-4-6-17(11-14)20-2/h4-9,11,16,19H,10,12H2,1-3H3. The highest BCUT2D eigenvalue weighted by Crippen LogP contribution is 2.22. The molecule has 2 rings (SSSR count). The highest BCUT2D eigenvalue weighted by molar-refractivity contribution is 5.37. The zero-order valence-electron chi connectivity index (χ0n) is 12.8. The Kier molecular flexibility index (Phi) is 5.23. The molecule has 0 radical (unpaired) electrons. The monoisotopic (exact) mass is 286 g/mol. The molecule has 112 valence electrons. The molecule has 0 saturated carbocycles. The van der Waals surface area contributed by atoms with E-state index in [4.69, 9.17) is 9.47 Å². The van der Waals surface area contributed by atoms with Crippen LogP contribution in [0.5, 0.6) is 11.5 Å². The molecule has 0 bridgehead atoms. The molecule has 1 atom stereocenters. The van der Waals surface area contributed by atoms with E-state index in [0.29, 0.717) is 12.8 Å². The molecule has 3 heteroatoms. The van der Waals surface area contributed by atoms with Gasteiger partial charge in [0.15, 0.2) is 0 Å². The smallest absolute Gasteiger partial charge is 0.122 e. The molecule has 0 amide bonds. The van der Waals surface area contributed by atoms with Gasteiger partial charge in [0.2, 0.25) is 0 Å². The fourth-order valence-corrected chi connectivity index (χ4v) is 2.46. The summed E-state index contributed by atoms with van der Waals surface area (Å²) in [6.07, 6.45) is 0.712. The van der Waals surface area contributed by atoms with Crippen molar-refractivity contribution in [2.24, 2.45) is 0 Å². The van der Waals surface area contributed by atoms with Gasteiger partial charge in [-0.3, -0.25) is 0 Å². The van der Waals surface area contributed by atoms with Gasteiger partial charge in [-0.25, -0.2) is 0 Å². The fraction of sp³-hybridized carbons (Fsp3) is 0.333. The van der Waals surface area contributed by atoms with Crippen LogP contribution in [-0.4, -0.2) is 25.4 Å². The normalized spacial score (nSPS) is 12.0. The highest BCUT2D eigenvalue weighted by Gasteiger charge is 2.11. The summed E-state index contributed by atoms with van der Waals surface area (Å²) in [5.74, 6) is 1.64. The summed E-state index contributed by atoms with van der Waals surface area (Å²) in [5.41, 5.74) is 3.26. The molecule has 0 heterocycles. The van der Waals surface area contributed by atoms with Crippen LogP contribution in [0.2, 0.25) is 0 Å². The number of aliphatic hydroxyl groups excluding tert-OH is 1. The Morgan fingerprint density at radius 2 is 1.81 bits per heavy atom. The lowest BCUT2D eigenvalue weighted by Gasteiger charge is -2.14. The number of benzene rings is 2. The van der Waals surface area contributed by atoms with Gasteiger partial charge in [0, 0.05) is 6.42 Å². The maximum atomic E-state index is 10.3. The summed E-state index contributed by atoms with van der Waals surface area (Å²) < 4.78 is 10.6. The van der Waals surface area contributed by atoms with Crippen molar-refractivity contribution in [1.29, 1.82) is 0 Å². The van der Waals surface area contributed by atoms with E-state index in [1.165, 1.54) is 5.56 Å². The van der Waals surface area contributed by atoms with Gasteiger partial charge >= 0.3 is 0 Å². The van der Waals surface area contributed by atoms with Crippen LogP contribution in [-0.2, 0) is 12.8 Å². The van der Waals surface area contributed by atoms with Crippen molar-refractivity contribution in [1.82, 2.24) is 0 Å². The zero-order valence-corrected chi connectivity index (χ0v) is 12.8. The predicted molar refractivity (Wildman–Crippen MR) is 84.1 cm³/mol. The highest BCUT2D eigenvalue weighted by atomic mass is 16.5. The second kappa shape index (κ2) is 7.14. The molecule has 21 heavy (non-hydrogen) atoms. The minimum Gasteiger partial charge on any atom is -0.497 e. The molecule has 1 unspecified atom stereocenters. The van der Waals surface area contributed by atoms with Gasteiger partial charge in [-0.05, 0) is 42.7 Å². The molecular formula is C18H22O3. The molecule has 0 aliphatic rings. The lowest BCUT2D eigenvalue weighted by atomic mass is 9.99. The second-order valence-electron chi connectivity index (χ2n) is 5.23. The van der Waals surface area contributed by atoms with Crippen LogP contribution in [0.3, 0.4) is 0 Å². The average Bonchev–Trinajstić information content (AvgIpc) is 2.47. The van der Waals surface area contributed by atoms with Crippen molar-refractivity contribution < 1.29 is 14.6 Å². The van der Waals surface area contributed by atoms with Crippen LogP contribution in [0.25, 0.3) is 0 Å². The number of ether oxygens (including phenoxy) is 2. The second-order valence-corrected chi connectivity index (χ2v) is 5.23. The average molecular weight is 286 g/mol. The number of aliphatic hydroxyl groups is 1. The number of rotatable bonds is 6. The predicted octanol–water partition coefficient (Wildman–Crippen LogP) is 3.16. The van der Waals surface area contributed by atoms with Crippen LogP contribution in [0, 0.1) is 6.92 Å². The van der Waals surface area contributed by atoms with Crippen molar-refractivity contribution in [3.63, 3.8) is 0 Å². The maximum Gasteiger partial charge on any atom is 0.122 e. The van der Waals surface area contributed by atoms with Gasteiger partial charge in [-0.15, -0.1) is 0 Å². The first-order valence-electron chi connectivity index (χ1n) is 7.07. The Morgan fingerprint density at radius 1 is 1.00 bits per heavy atom. The number of aryl methyl sites for hydroxylation is 1. The van der Waals surface area contributed by atoms with Crippen molar-refractivity contribution >= 4 is 0 Å². The van der Waals surface area contributed by atoms with Gasteiger partial charge in [-0.2, -0.15) is 0 Å². The minimum atomic E-state index is -0.451. The zero-order chi connectivity index (χ0) is 15.2. The van der Waals surface area contributed by atoms with Crippen molar-refractivity contribution in [3.8, 4) is 11.5 Å². The first kappa shape index (κ1) is 15.4. The Labute approximate surface area is 126 Å².